The van der Waals surface area contributed by atoms with Crippen LogP contribution in [0.3, 0.4) is 0 Å². The zero-order chi connectivity index (χ0) is 16.6. The molecule has 0 bridgehead atoms. The summed E-state index contributed by atoms with van der Waals surface area (Å²) in [6.07, 6.45) is 6.67. The second kappa shape index (κ2) is 6.89. The molecule has 3 nitrogen and oxygen atoms in total. The monoisotopic (exact) mass is 461 g/mol. The highest BCUT2D eigenvalue weighted by molar-refractivity contribution is 9.14. The summed E-state index contributed by atoms with van der Waals surface area (Å²) in [4.78, 5) is 0.364. The van der Waals surface area contributed by atoms with Crippen LogP contribution in [-0.4, -0.2) is 18.8 Å². The van der Waals surface area contributed by atoms with Gasteiger partial charge in [-0.05, 0) is 53.7 Å². The van der Waals surface area contributed by atoms with Crippen LogP contribution in [0.2, 0.25) is 0 Å². The lowest BCUT2D eigenvalue weighted by Crippen LogP contribution is -2.40. The van der Waals surface area contributed by atoms with Gasteiger partial charge in [0.25, 0.3) is 10.0 Å². The summed E-state index contributed by atoms with van der Waals surface area (Å²) in [6, 6.07) is 7.13. The van der Waals surface area contributed by atoms with E-state index in [0.717, 1.165) is 29.3 Å². The van der Waals surface area contributed by atoms with Gasteiger partial charge in [-0.1, -0.05) is 52.9 Å². The quantitative estimate of drug-likeness (QED) is 0.571. The van der Waals surface area contributed by atoms with E-state index in [0.29, 0.717) is 15.4 Å². The molecule has 0 amide bonds. The van der Waals surface area contributed by atoms with Crippen molar-refractivity contribution >= 4 is 41.9 Å². The van der Waals surface area contributed by atoms with Gasteiger partial charge in [-0.2, -0.15) is 0 Å². The third-order valence-electron chi connectivity index (χ3n) is 4.88. The molecular weight excluding hydrogens is 442 g/mol. The average molecular weight is 463 g/mol. The molecule has 0 aromatic heterocycles. The minimum absolute atomic E-state index is 0.0188. The number of hydrogen-bond acceptors (Lipinski definition) is 2. The Morgan fingerprint density at radius 3 is 2.26 bits per heavy atom. The number of sulfonamides is 1. The van der Waals surface area contributed by atoms with Gasteiger partial charge in [0.15, 0.2) is 0 Å². The third kappa shape index (κ3) is 3.40. The molecule has 23 heavy (non-hydrogen) atoms. The topological polar surface area (TPSA) is 37.4 Å². The highest BCUT2D eigenvalue weighted by Crippen LogP contribution is 2.45. The van der Waals surface area contributed by atoms with Crippen LogP contribution >= 0.6 is 31.9 Å². The first-order chi connectivity index (χ1) is 10.9. The van der Waals surface area contributed by atoms with Crippen molar-refractivity contribution in [1.82, 2.24) is 4.31 Å². The molecule has 6 heteroatoms. The molecule has 1 aliphatic carbocycles. The Balaban J connectivity index is 1.97. The van der Waals surface area contributed by atoms with Crippen molar-refractivity contribution in [1.29, 1.82) is 0 Å². The molecule has 1 heterocycles. The first-order valence-corrected chi connectivity index (χ1v) is 11.1. The van der Waals surface area contributed by atoms with Gasteiger partial charge in [-0.3, -0.25) is 4.31 Å². The van der Waals surface area contributed by atoms with Gasteiger partial charge in [0.2, 0.25) is 0 Å². The summed E-state index contributed by atoms with van der Waals surface area (Å²) in [7, 11) is -3.54. The van der Waals surface area contributed by atoms with Crippen LogP contribution in [-0.2, 0) is 10.0 Å². The number of rotatable bonds is 3. The van der Waals surface area contributed by atoms with Crippen LogP contribution < -0.4 is 0 Å². The van der Waals surface area contributed by atoms with E-state index >= 15 is 0 Å². The number of benzene rings is 1. The fourth-order valence-corrected chi connectivity index (χ4v) is 6.87. The zero-order valence-electron chi connectivity index (χ0n) is 13.1. The van der Waals surface area contributed by atoms with Crippen LogP contribution in [0, 0.1) is 12.8 Å². The van der Waals surface area contributed by atoms with Crippen molar-refractivity contribution in [3.8, 4) is 0 Å². The summed E-state index contributed by atoms with van der Waals surface area (Å²) in [6.45, 7) is 1.96. The van der Waals surface area contributed by atoms with E-state index < -0.39 is 10.0 Å². The summed E-state index contributed by atoms with van der Waals surface area (Å²) in [5.41, 5.74) is 1.06. The highest BCUT2D eigenvalue weighted by Gasteiger charge is 2.42. The van der Waals surface area contributed by atoms with Gasteiger partial charge < -0.3 is 0 Å². The predicted octanol–water partition coefficient (Wildman–Crippen LogP) is 5.30. The SMILES string of the molecule is Cc1ccc(S(=O)(=O)N2C(Br)=C(Br)CC2C2CCCCC2)cc1. The van der Waals surface area contributed by atoms with Crippen LogP contribution in [0.1, 0.15) is 44.1 Å². The van der Waals surface area contributed by atoms with E-state index in [1.807, 2.05) is 19.1 Å². The molecule has 1 atom stereocenters. The Hall–Kier alpha value is -0.330. The van der Waals surface area contributed by atoms with E-state index in [1.54, 1.807) is 16.4 Å². The Morgan fingerprint density at radius 1 is 1.04 bits per heavy atom. The second-order valence-corrected chi connectivity index (χ2v) is 10.0. The summed E-state index contributed by atoms with van der Waals surface area (Å²) >= 11 is 7.06. The number of aryl methyl sites for hydroxylation is 1. The maximum atomic E-state index is 13.2. The predicted molar refractivity (Wildman–Crippen MR) is 100 cm³/mol. The Morgan fingerprint density at radius 2 is 1.65 bits per heavy atom. The normalized spacial score (nSPS) is 23.6. The fourth-order valence-electron chi connectivity index (χ4n) is 3.60. The zero-order valence-corrected chi connectivity index (χ0v) is 17.1. The molecule has 0 N–H and O–H groups in total. The van der Waals surface area contributed by atoms with Crippen LogP contribution in [0.25, 0.3) is 0 Å². The molecule has 0 saturated heterocycles. The molecule has 1 aromatic rings. The van der Waals surface area contributed by atoms with Gasteiger partial charge in [-0.15, -0.1) is 0 Å². The summed E-state index contributed by atoms with van der Waals surface area (Å²) in [5, 5.41) is 0. The lowest BCUT2D eigenvalue weighted by atomic mass is 9.83. The van der Waals surface area contributed by atoms with Gasteiger partial charge >= 0.3 is 0 Å². The largest absolute Gasteiger partial charge is 0.265 e. The Bertz CT molecular complexity index is 707. The molecule has 1 aromatic carbocycles. The first kappa shape index (κ1) is 17.5. The van der Waals surface area contributed by atoms with Gasteiger partial charge in [0.1, 0.15) is 4.61 Å². The van der Waals surface area contributed by atoms with Gasteiger partial charge in [-0.25, -0.2) is 8.42 Å². The maximum absolute atomic E-state index is 13.2. The van der Waals surface area contributed by atoms with Crippen molar-refractivity contribution in [2.24, 2.45) is 5.92 Å². The lowest BCUT2D eigenvalue weighted by Gasteiger charge is -2.35. The molecular formula is C17H21Br2NO2S. The van der Waals surface area contributed by atoms with E-state index in [9.17, 15) is 8.42 Å². The second-order valence-electron chi connectivity index (χ2n) is 6.48. The molecule has 1 saturated carbocycles. The van der Waals surface area contributed by atoms with Crippen molar-refractivity contribution < 1.29 is 8.42 Å². The molecule has 3 rings (SSSR count). The average Bonchev–Trinajstić information content (AvgIpc) is 2.85. The first-order valence-electron chi connectivity index (χ1n) is 8.06. The number of halogens is 2. The van der Waals surface area contributed by atoms with Crippen molar-refractivity contribution in [2.75, 3.05) is 0 Å². The number of nitrogens with zero attached hydrogens (tertiary/aromatic N) is 1. The fraction of sp³-hybridized carbons (Fsp3) is 0.529. The Labute approximate surface area is 155 Å². The van der Waals surface area contributed by atoms with Crippen LogP contribution in [0.15, 0.2) is 38.2 Å². The highest BCUT2D eigenvalue weighted by atomic mass is 79.9. The minimum Gasteiger partial charge on any atom is -0.255 e. The lowest BCUT2D eigenvalue weighted by molar-refractivity contribution is 0.237. The van der Waals surface area contributed by atoms with Gasteiger partial charge in [0, 0.05) is 10.9 Å². The minimum atomic E-state index is -3.54. The van der Waals surface area contributed by atoms with Crippen LogP contribution in [0.5, 0.6) is 0 Å². The summed E-state index contributed by atoms with van der Waals surface area (Å²) in [5.74, 6) is 0.437. The standard InChI is InChI=1S/C17H21Br2NO2S/c1-12-7-9-14(10-8-12)23(21,22)20-16(11-15(18)17(20)19)13-5-3-2-4-6-13/h7-10,13,16H,2-6,11H2,1H3. The van der Waals surface area contributed by atoms with Gasteiger partial charge in [0.05, 0.1) is 10.9 Å². The van der Waals surface area contributed by atoms with E-state index in [1.165, 1.54) is 19.3 Å². The van der Waals surface area contributed by atoms with E-state index in [2.05, 4.69) is 31.9 Å². The molecule has 1 aliphatic heterocycles. The van der Waals surface area contributed by atoms with Crippen molar-refractivity contribution in [3.63, 3.8) is 0 Å². The van der Waals surface area contributed by atoms with Crippen LogP contribution in [0.4, 0.5) is 0 Å². The number of hydrogen-bond donors (Lipinski definition) is 0. The molecule has 126 valence electrons. The Kier molecular flexibility index (Phi) is 5.24. The third-order valence-corrected chi connectivity index (χ3v) is 9.04. The van der Waals surface area contributed by atoms with Crippen molar-refractivity contribution in [3.05, 3.63) is 38.9 Å². The van der Waals surface area contributed by atoms with E-state index in [-0.39, 0.29) is 6.04 Å². The van der Waals surface area contributed by atoms with E-state index in [4.69, 9.17) is 0 Å². The molecule has 2 aliphatic rings. The molecule has 0 radical (unpaired) electrons. The molecule has 0 spiro atoms. The molecule has 1 unspecified atom stereocenters. The molecule has 1 fully saturated rings. The maximum Gasteiger partial charge on any atom is 0.265 e. The van der Waals surface area contributed by atoms with Crippen molar-refractivity contribution in [2.45, 2.75) is 56.4 Å². The smallest absolute Gasteiger partial charge is 0.255 e. The summed E-state index contributed by atoms with van der Waals surface area (Å²) < 4.78 is 29.6.